The SMILES string of the molecule is C=CCn1c(SC(C)C(=O)Nc2ccc(OC(F)F)cc2)nnc1-c1cccc(C)c1. The zero-order valence-corrected chi connectivity index (χ0v) is 17.9. The molecule has 6 nitrogen and oxygen atoms in total. The van der Waals surface area contributed by atoms with E-state index in [0.29, 0.717) is 23.2 Å². The molecule has 1 aromatic heterocycles. The number of nitrogens with zero attached hydrogens (tertiary/aromatic N) is 3. The average molecular weight is 445 g/mol. The quantitative estimate of drug-likeness (QED) is 0.365. The van der Waals surface area contributed by atoms with E-state index in [1.165, 1.54) is 36.0 Å². The van der Waals surface area contributed by atoms with Gasteiger partial charge in [-0.15, -0.1) is 16.8 Å². The van der Waals surface area contributed by atoms with Crippen LogP contribution in [-0.2, 0) is 11.3 Å². The van der Waals surface area contributed by atoms with Crippen LogP contribution in [0.25, 0.3) is 11.4 Å². The van der Waals surface area contributed by atoms with E-state index in [1.54, 1.807) is 13.0 Å². The van der Waals surface area contributed by atoms with Crippen molar-refractivity contribution in [2.75, 3.05) is 5.32 Å². The summed E-state index contributed by atoms with van der Waals surface area (Å²) in [4.78, 5) is 12.6. The van der Waals surface area contributed by atoms with E-state index in [2.05, 4.69) is 26.8 Å². The first-order chi connectivity index (χ1) is 14.9. The molecule has 0 fully saturated rings. The van der Waals surface area contributed by atoms with Crippen molar-refractivity contribution in [3.8, 4) is 17.1 Å². The molecule has 0 radical (unpaired) electrons. The summed E-state index contributed by atoms with van der Waals surface area (Å²) >= 11 is 1.27. The van der Waals surface area contributed by atoms with E-state index in [4.69, 9.17) is 0 Å². The smallest absolute Gasteiger partial charge is 0.387 e. The maximum absolute atomic E-state index is 12.6. The number of hydrogen-bond donors (Lipinski definition) is 1. The van der Waals surface area contributed by atoms with Crippen LogP contribution in [0.2, 0.25) is 0 Å². The molecule has 1 unspecified atom stereocenters. The topological polar surface area (TPSA) is 69.0 Å². The number of hydrogen-bond acceptors (Lipinski definition) is 5. The Labute approximate surface area is 183 Å². The van der Waals surface area contributed by atoms with Crippen LogP contribution in [0.4, 0.5) is 14.5 Å². The number of ether oxygens (including phenoxy) is 1. The Balaban J connectivity index is 1.71. The number of nitrogens with one attached hydrogen (secondary N) is 1. The number of benzene rings is 2. The van der Waals surface area contributed by atoms with Gasteiger partial charge < -0.3 is 10.1 Å². The van der Waals surface area contributed by atoms with E-state index < -0.39 is 11.9 Å². The van der Waals surface area contributed by atoms with Gasteiger partial charge in [0.1, 0.15) is 5.75 Å². The Bertz CT molecular complexity index is 1050. The summed E-state index contributed by atoms with van der Waals surface area (Å²) in [6.45, 7) is 5.17. The molecule has 1 amide bonds. The summed E-state index contributed by atoms with van der Waals surface area (Å²) in [6.07, 6.45) is 1.75. The number of anilines is 1. The van der Waals surface area contributed by atoms with Gasteiger partial charge in [-0.05, 0) is 44.2 Å². The minimum Gasteiger partial charge on any atom is -0.435 e. The zero-order valence-electron chi connectivity index (χ0n) is 17.1. The Hall–Kier alpha value is -3.20. The van der Waals surface area contributed by atoms with Crippen molar-refractivity contribution in [3.63, 3.8) is 0 Å². The molecular weight excluding hydrogens is 422 g/mol. The molecule has 1 atom stereocenters. The highest BCUT2D eigenvalue weighted by atomic mass is 32.2. The van der Waals surface area contributed by atoms with Crippen molar-refractivity contribution in [2.24, 2.45) is 0 Å². The van der Waals surface area contributed by atoms with Crippen LogP contribution < -0.4 is 10.1 Å². The second kappa shape index (κ2) is 10.2. The fourth-order valence-corrected chi connectivity index (χ4v) is 3.70. The van der Waals surface area contributed by atoms with Crippen LogP contribution in [0.5, 0.6) is 5.75 Å². The number of alkyl halides is 2. The number of rotatable bonds is 9. The standard InChI is InChI=1S/C22H22F2N4O2S/c1-4-12-28-19(16-7-5-6-14(2)13-16)26-27-22(28)31-15(3)20(29)25-17-8-10-18(11-9-17)30-21(23)24/h4-11,13,15,21H,1,12H2,2-3H3,(H,25,29). The van der Waals surface area contributed by atoms with E-state index in [-0.39, 0.29) is 11.7 Å². The number of aryl methyl sites for hydroxylation is 1. The largest absolute Gasteiger partial charge is 0.435 e. The summed E-state index contributed by atoms with van der Waals surface area (Å²) < 4.78 is 30.7. The van der Waals surface area contributed by atoms with Crippen molar-refractivity contribution in [2.45, 2.75) is 37.4 Å². The van der Waals surface area contributed by atoms with Gasteiger partial charge in [-0.1, -0.05) is 41.6 Å². The number of aromatic nitrogens is 3. The number of amides is 1. The molecule has 0 saturated heterocycles. The zero-order chi connectivity index (χ0) is 22.4. The third-order valence-corrected chi connectivity index (χ3v) is 5.38. The molecule has 1 N–H and O–H groups in total. The van der Waals surface area contributed by atoms with E-state index in [1.807, 2.05) is 35.8 Å². The molecule has 0 spiro atoms. The van der Waals surface area contributed by atoms with Gasteiger partial charge in [0, 0.05) is 17.8 Å². The van der Waals surface area contributed by atoms with E-state index in [9.17, 15) is 13.6 Å². The number of allylic oxidation sites excluding steroid dienone is 1. The monoisotopic (exact) mass is 444 g/mol. The summed E-state index contributed by atoms with van der Waals surface area (Å²) in [7, 11) is 0. The molecule has 0 aliphatic carbocycles. The fourth-order valence-electron chi connectivity index (χ4n) is 2.84. The van der Waals surface area contributed by atoms with Crippen LogP contribution in [0.1, 0.15) is 12.5 Å². The number of carbonyl (C=O) groups is 1. The van der Waals surface area contributed by atoms with Gasteiger partial charge in [0.15, 0.2) is 11.0 Å². The molecule has 9 heteroatoms. The summed E-state index contributed by atoms with van der Waals surface area (Å²) in [5, 5.41) is 11.5. The highest BCUT2D eigenvalue weighted by Crippen LogP contribution is 2.28. The van der Waals surface area contributed by atoms with Crippen molar-refractivity contribution >= 4 is 23.4 Å². The van der Waals surface area contributed by atoms with Gasteiger partial charge in [0.2, 0.25) is 5.91 Å². The molecule has 0 aliphatic rings. The van der Waals surface area contributed by atoms with Crippen LogP contribution in [0.15, 0.2) is 66.3 Å². The van der Waals surface area contributed by atoms with Crippen molar-refractivity contribution in [3.05, 3.63) is 66.7 Å². The number of thioether (sulfide) groups is 1. The Kier molecular flexibility index (Phi) is 7.41. The summed E-state index contributed by atoms with van der Waals surface area (Å²) in [5.41, 5.74) is 2.52. The first-order valence-electron chi connectivity index (χ1n) is 9.51. The highest BCUT2D eigenvalue weighted by Gasteiger charge is 2.21. The van der Waals surface area contributed by atoms with Gasteiger partial charge in [0.05, 0.1) is 5.25 Å². The normalized spacial score (nSPS) is 11.9. The number of halogens is 2. The minimum absolute atomic E-state index is 0.0247. The lowest BCUT2D eigenvalue weighted by Gasteiger charge is -2.13. The third kappa shape index (κ3) is 5.91. The summed E-state index contributed by atoms with van der Waals surface area (Å²) in [5.74, 6) is 0.475. The molecule has 31 heavy (non-hydrogen) atoms. The Morgan fingerprint density at radius 1 is 1.26 bits per heavy atom. The van der Waals surface area contributed by atoms with Gasteiger partial charge in [0.25, 0.3) is 0 Å². The third-order valence-electron chi connectivity index (χ3n) is 4.30. The summed E-state index contributed by atoms with van der Waals surface area (Å²) in [6, 6.07) is 13.7. The molecule has 3 aromatic rings. The molecule has 1 heterocycles. The lowest BCUT2D eigenvalue weighted by molar-refractivity contribution is -0.115. The average Bonchev–Trinajstić information content (AvgIpc) is 3.11. The second-order valence-corrected chi connectivity index (χ2v) is 8.04. The number of carbonyl (C=O) groups excluding carboxylic acids is 1. The molecule has 2 aromatic carbocycles. The first-order valence-corrected chi connectivity index (χ1v) is 10.4. The highest BCUT2D eigenvalue weighted by molar-refractivity contribution is 8.00. The van der Waals surface area contributed by atoms with Crippen LogP contribution >= 0.6 is 11.8 Å². The van der Waals surface area contributed by atoms with Gasteiger partial charge in [-0.2, -0.15) is 8.78 Å². The van der Waals surface area contributed by atoms with Gasteiger partial charge in [-0.25, -0.2) is 0 Å². The molecule has 3 rings (SSSR count). The van der Waals surface area contributed by atoms with Gasteiger partial charge in [-0.3, -0.25) is 9.36 Å². The predicted octanol–water partition coefficient (Wildman–Crippen LogP) is 5.16. The molecule has 0 aliphatic heterocycles. The lowest BCUT2D eigenvalue weighted by atomic mass is 10.1. The lowest BCUT2D eigenvalue weighted by Crippen LogP contribution is -2.23. The predicted molar refractivity (Wildman–Crippen MR) is 117 cm³/mol. The second-order valence-electron chi connectivity index (χ2n) is 6.73. The molecule has 0 bridgehead atoms. The minimum atomic E-state index is -2.89. The van der Waals surface area contributed by atoms with Crippen LogP contribution in [-0.4, -0.2) is 32.5 Å². The first kappa shape index (κ1) is 22.5. The maximum atomic E-state index is 12.6. The maximum Gasteiger partial charge on any atom is 0.387 e. The Morgan fingerprint density at radius 2 is 2.00 bits per heavy atom. The molecule has 0 saturated carbocycles. The van der Waals surface area contributed by atoms with E-state index >= 15 is 0 Å². The van der Waals surface area contributed by atoms with Crippen molar-refractivity contribution in [1.82, 2.24) is 14.8 Å². The van der Waals surface area contributed by atoms with Crippen LogP contribution in [0.3, 0.4) is 0 Å². The van der Waals surface area contributed by atoms with Gasteiger partial charge >= 0.3 is 6.61 Å². The Morgan fingerprint density at radius 3 is 2.65 bits per heavy atom. The molecular formula is C22H22F2N4O2S. The van der Waals surface area contributed by atoms with Crippen molar-refractivity contribution in [1.29, 1.82) is 0 Å². The van der Waals surface area contributed by atoms with Crippen LogP contribution in [0, 0.1) is 6.92 Å². The van der Waals surface area contributed by atoms with Crippen molar-refractivity contribution < 1.29 is 18.3 Å². The molecule has 162 valence electrons. The fraction of sp³-hybridized carbons (Fsp3) is 0.227. The van der Waals surface area contributed by atoms with E-state index in [0.717, 1.165) is 11.1 Å².